The van der Waals surface area contributed by atoms with Crippen molar-refractivity contribution in [3.8, 4) is 6.07 Å². The molecule has 1 rings (SSSR count). The van der Waals surface area contributed by atoms with Gasteiger partial charge in [0, 0.05) is 0 Å². The Morgan fingerprint density at radius 1 is 1.53 bits per heavy atom. The summed E-state index contributed by atoms with van der Waals surface area (Å²) in [4.78, 5) is 13.1. The molecule has 1 fully saturated rings. The highest BCUT2D eigenvalue weighted by atomic mass is 32.2. The van der Waals surface area contributed by atoms with E-state index in [1.54, 1.807) is 4.90 Å². The molecule has 0 aromatic rings. The van der Waals surface area contributed by atoms with Crippen molar-refractivity contribution in [1.82, 2.24) is 4.90 Å². The fourth-order valence-electron chi connectivity index (χ4n) is 1.27. The molecule has 0 bridgehead atoms. The summed E-state index contributed by atoms with van der Waals surface area (Å²) in [5, 5.41) is 8.92. The van der Waals surface area contributed by atoms with Gasteiger partial charge in [0.2, 0.25) is 0 Å². The van der Waals surface area contributed by atoms with Crippen molar-refractivity contribution >= 4 is 17.9 Å². The summed E-state index contributed by atoms with van der Waals surface area (Å²) in [6.07, 6.45) is 1.55. The molecule has 1 aliphatic rings. The first-order valence-corrected chi connectivity index (χ1v) is 5.99. The minimum Gasteiger partial charge on any atom is -0.444 e. The standard InChI is InChI=1S/C10H16N2O2S/c1-9(2,3)14-8(13)12-6-10(5-11,7-12)15-4/h6-7H2,1-4H3. The van der Waals surface area contributed by atoms with Gasteiger partial charge in [-0.1, -0.05) is 0 Å². The molecule has 0 aliphatic carbocycles. The Bertz CT molecular complexity index is 298. The SMILES string of the molecule is CSC1(C#N)CN(C(=O)OC(C)(C)C)C1. The van der Waals surface area contributed by atoms with Crippen LogP contribution in [0.4, 0.5) is 4.79 Å². The maximum Gasteiger partial charge on any atom is 0.410 e. The molecule has 0 atom stereocenters. The quantitative estimate of drug-likeness (QED) is 0.687. The summed E-state index contributed by atoms with van der Waals surface area (Å²) in [6, 6.07) is 2.23. The molecule has 84 valence electrons. The smallest absolute Gasteiger partial charge is 0.410 e. The third kappa shape index (κ3) is 2.78. The predicted octanol–water partition coefficient (Wildman–Crippen LogP) is 1.86. The summed E-state index contributed by atoms with van der Waals surface area (Å²) >= 11 is 1.49. The lowest BCUT2D eigenvalue weighted by Crippen LogP contribution is -2.61. The first-order valence-electron chi connectivity index (χ1n) is 4.76. The number of hydrogen-bond donors (Lipinski definition) is 0. The number of thioether (sulfide) groups is 1. The van der Waals surface area contributed by atoms with E-state index in [0.717, 1.165) is 0 Å². The largest absolute Gasteiger partial charge is 0.444 e. The third-order valence-corrected chi connectivity index (χ3v) is 3.27. The zero-order valence-electron chi connectivity index (χ0n) is 9.53. The van der Waals surface area contributed by atoms with Gasteiger partial charge in [-0.05, 0) is 27.0 Å². The van der Waals surface area contributed by atoms with E-state index in [0.29, 0.717) is 13.1 Å². The lowest BCUT2D eigenvalue weighted by molar-refractivity contribution is 0.00963. The summed E-state index contributed by atoms with van der Waals surface area (Å²) in [6.45, 7) is 6.41. The van der Waals surface area contributed by atoms with Crippen molar-refractivity contribution in [2.45, 2.75) is 31.1 Å². The Hall–Kier alpha value is -0.890. The van der Waals surface area contributed by atoms with Gasteiger partial charge < -0.3 is 9.64 Å². The van der Waals surface area contributed by atoms with Crippen LogP contribution in [0.25, 0.3) is 0 Å². The fourth-order valence-corrected chi connectivity index (χ4v) is 1.93. The lowest BCUT2D eigenvalue weighted by atomic mass is 10.0. The van der Waals surface area contributed by atoms with E-state index in [9.17, 15) is 4.79 Å². The van der Waals surface area contributed by atoms with E-state index in [4.69, 9.17) is 10.00 Å². The van der Waals surface area contributed by atoms with Gasteiger partial charge >= 0.3 is 6.09 Å². The average molecular weight is 228 g/mol. The summed E-state index contributed by atoms with van der Waals surface area (Å²) in [5.74, 6) is 0. The molecule has 0 radical (unpaired) electrons. The van der Waals surface area contributed by atoms with Gasteiger partial charge in [0.25, 0.3) is 0 Å². The molecule has 0 aromatic heterocycles. The number of nitrogens with zero attached hydrogens (tertiary/aromatic N) is 2. The van der Waals surface area contributed by atoms with Gasteiger partial charge in [0.1, 0.15) is 10.3 Å². The van der Waals surface area contributed by atoms with Crippen LogP contribution in [0.3, 0.4) is 0 Å². The van der Waals surface area contributed by atoms with Crippen molar-refractivity contribution in [3.63, 3.8) is 0 Å². The van der Waals surface area contributed by atoms with Crippen LogP contribution >= 0.6 is 11.8 Å². The summed E-state index contributed by atoms with van der Waals surface area (Å²) < 4.78 is 4.77. The molecule has 1 amide bonds. The number of amides is 1. The number of rotatable bonds is 1. The molecule has 0 unspecified atom stereocenters. The van der Waals surface area contributed by atoms with Crippen LogP contribution in [0.2, 0.25) is 0 Å². The summed E-state index contributed by atoms with van der Waals surface area (Å²) in [5.41, 5.74) is -0.471. The van der Waals surface area contributed by atoms with Crippen LogP contribution < -0.4 is 0 Å². The fraction of sp³-hybridized carbons (Fsp3) is 0.800. The highest BCUT2D eigenvalue weighted by Gasteiger charge is 2.46. The second kappa shape index (κ2) is 3.93. The molecule has 5 heteroatoms. The van der Waals surface area contributed by atoms with E-state index >= 15 is 0 Å². The van der Waals surface area contributed by atoms with E-state index in [-0.39, 0.29) is 6.09 Å². The van der Waals surface area contributed by atoms with E-state index in [1.165, 1.54) is 11.8 Å². The Kier molecular flexibility index (Phi) is 3.19. The summed E-state index contributed by atoms with van der Waals surface area (Å²) in [7, 11) is 0. The van der Waals surface area contributed by atoms with Crippen molar-refractivity contribution in [2.75, 3.05) is 19.3 Å². The number of likely N-dealkylation sites (tertiary alicyclic amines) is 1. The zero-order chi connectivity index (χ0) is 11.7. The topological polar surface area (TPSA) is 53.3 Å². The molecule has 15 heavy (non-hydrogen) atoms. The molecule has 4 nitrogen and oxygen atoms in total. The van der Waals surface area contributed by atoms with Crippen LogP contribution in [0.15, 0.2) is 0 Å². The van der Waals surface area contributed by atoms with Gasteiger partial charge in [-0.2, -0.15) is 5.26 Å². The van der Waals surface area contributed by atoms with E-state index < -0.39 is 10.3 Å². The number of nitriles is 1. The molecular formula is C10H16N2O2S. The first-order chi connectivity index (χ1) is 6.82. The molecule has 1 saturated heterocycles. The third-order valence-electron chi connectivity index (χ3n) is 2.14. The highest BCUT2D eigenvalue weighted by Crippen LogP contribution is 2.33. The van der Waals surface area contributed by atoms with Crippen LogP contribution in [0, 0.1) is 11.3 Å². The van der Waals surface area contributed by atoms with Gasteiger partial charge in [-0.25, -0.2) is 4.79 Å². The molecule has 1 heterocycles. The van der Waals surface area contributed by atoms with Crippen LogP contribution in [-0.2, 0) is 4.74 Å². The molecule has 0 saturated carbocycles. The Morgan fingerprint density at radius 3 is 2.40 bits per heavy atom. The van der Waals surface area contributed by atoms with Crippen molar-refractivity contribution in [3.05, 3.63) is 0 Å². The Labute approximate surface area is 94.6 Å². The monoisotopic (exact) mass is 228 g/mol. The zero-order valence-corrected chi connectivity index (χ0v) is 10.3. The average Bonchev–Trinajstić information content (AvgIpc) is 2.00. The molecular weight excluding hydrogens is 212 g/mol. The lowest BCUT2D eigenvalue weighted by Gasteiger charge is -2.44. The number of carbonyl (C=O) groups is 1. The minimum atomic E-state index is -0.471. The normalized spacial score (nSPS) is 19.0. The van der Waals surface area contributed by atoms with Crippen molar-refractivity contribution in [1.29, 1.82) is 5.26 Å². The second-order valence-corrected chi connectivity index (χ2v) is 5.84. The molecule has 0 aromatic carbocycles. The molecule has 0 spiro atoms. The Morgan fingerprint density at radius 2 is 2.07 bits per heavy atom. The maximum atomic E-state index is 11.5. The van der Waals surface area contributed by atoms with Crippen molar-refractivity contribution in [2.24, 2.45) is 0 Å². The highest BCUT2D eigenvalue weighted by molar-refractivity contribution is 8.00. The van der Waals surface area contributed by atoms with Gasteiger partial charge in [0.15, 0.2) is 0 Å². The van der Waals surface area contributed by atoms with Gasteiger partial charge in [0.05, 0.1) is 19.2 Å². The maximum absolute atomic E-state index is 11.5. The molecule has 0 N–H and O–H groups in total. The van der Waals surface area contributed by atoms with Gasteiger partial charge in [-0.15, -0.1) is 11.8 Å². The first kappa shape index (κ1) is 12.2. The van der Waals surface area contributed by atoms with Crippen molar-refractivity contribution < 1.29 is 9.53 Å². The predicted molar refractivity (Wildman–Crippen MR) is 59.7 cm³/mol. The van der Waals surface area contributed by atoms with Crippen LogP contribution in [0.5, 0.6) is 0 Å². The van der Waals surface area contributed by atoms with Crippen LogP contribution in [-0.4, -0.2) is 40.7 Å². The minimum absolute atomic E-state index is 0.331. The van der Waals surface area contributed by atoms with E-state index in [2.05, 4.69) is 6.07 Å². The van der Waals surface area contributed by atoms with E-state index in [1.807, 2.05) is 27.0 Å². The number of ether oxygens (including phenoxy) is 1. The number of carbonyl (C=O) groups excluding carboxylic acids is 1. The number of hydrogen-bond acceptors (Lipinski definition) is 4. The second-order valence-electron chi connectivity index (χ2n) is 4.65. The Balaban J connectivity index is 2.46. The molecule has 1 aliphatic heterocycles. The van der Waals surface area contributed by atoms with Gasteiger partial charge in [-0.3, -0.25) is 0 Å². The van der Waals surface area contributed by atoms with Crippen LogP contribution in [0.1, 0.15) is 20.8 Å².